The third kappa shape index (κ3) is 5.97. The van der Waals surface area contributed by atoms with Crippen molar-refractivity contribution in [1.82, 2.24) is 14.7 Å². The van der Waals surface area contributed by atoms with Gasteiger partial charge in [-0.05, 0) is 67.4 Å². The molecule has 4 aromatic rings. The van der Waals surface area contributed by atoms with Crippen molar-refractivity contribution in [3.8, 4) is 22.6 Å². The Labute approximate surface area is 228 Å². The van der Waals surface area contributed by atoms with Gasteiger partial charge in [0.2, 0.25) is 0 Å². The fourth-order valence-electron chi connectivity index (χ4n) is 3.97. The Morgan fingerprint density at radius 1 is 0.921 bits per heavy atom. The van der Waals surface area contributed by atoms with E-state index in [4.69, 9.17) is 27.9 Å². The summed E-state index contributed by atoms with van der Waals surface area (Å²) in [6, 6.07) is 19.9. The highest BCUT2D eigenvalue weighted by Crippen LogP contribution is 2.34. The summed E-state index contributed by atoms with van der Waals surface area (Å²) in [5, 5.41) is 4.01. The van der Waals surface area contributed by atoms with Gasteiger partial charge in [-0.1, -0.05) is 53.5 Å². The SMILES string of the molecule is CCN(CC)C(=O)c1cccc(-c2ccc(OCc3cc(C(F)(F)F)nn3-c3c(Cl)cccc3Cl)cc2)c1. The Morgan fingerprint density at radius 3 is 2.16 bits per heavy atom. The van der Waals surface area contributed by atoms with E-state index in [9.17, 15) is 18.0 Å². The monoisotopic (exact) mass is 561 g/mol. The zero-order valence-electron chi connectivity index (χ0n) is 20.6. The molecule has 0 aliphatic rings. The normalized spacial score (nSPS) is 11.4. The van der Waals surface area contributed by atoms with Crippen molar-refractivity contribution < 1.29 is 22.7 Å². The van der Waals surface area contributed by atoms with Crippen molar-refractivity contribution in [3.05, 3.63) is 99.8 Å². The van der Waals surface area contributed by atoms with E-state index in [2.05, 4.69) is 5.10 Å². The summed E-state index contributed by atoms with van der Waals surface area (Å²) >= 11 is 12.5. The molecule has 3 aromatic carbocycles. The minimum Gasteiger partial charge on any atom is -0.487 e. The molecule has 1 aromatic heterocycles. The van der Waals surface area contributed by atoms with Crippen molar-refractivity contribution in [1.29, 1.82) is 0 Å². The maximum absolute atomic E-state index is 13.4. The van der Waals surface area contributed by atoms with E-state index in [0.717, 1.165) is 21.9 Å². The molecule has 0 N–H and O–H groups in total. The minimum absolute atomic E-state index is 0.0368. The van der Waals surface area contributed by atoms with Crippen molar-refractivity contribution in [3.63, 3.8) is 0 Å². The number of alkyl halides is 3. The molecule has 10 heteroatoms. The van der Waals surface area contributed by atoms with Gasteiger partial charge in [-0.3, -0.25) is 4.79 Å². The summed E-state index contributed by atoms with van der Waals surface area (Å²) in [6.07, 6.45) is -4.66. The second-order valence-electron chi connectivity index (χ2n) is 8.37. The number of ether oxygens (including phenoxy) is 1. The van der Waals surface area contributed by atoms with E-state index in [1.54, 1.807) is 29.2 Å². The predicted molar refractivity (Wildman–Crippen MR) is 142 cm³/mol. The summed E-state index contributed by atoms with van der Waals surface area (Å²) in [4.78, 5) is 14.5. The lowest BCUT2D eigenvalue weighted by Gasteiger charge is -2.19. The first-order valence-corrected chi connectivity index (χ1v) is 12.6. The van der Waals surface area contributed by atoms with Gasteiger partial charge in [-0.15, -0.1) is 0 Å². The molecule has 0 aliphatic heterocycles. The number of amides is 1. The molecule has 38 heavy (non-hydrogen) atoms. The topological polar surface area (TPSA) is 47.4 Å². The maximum Gasteiger partial charge on any atom is 0.435 e. The summed E-state index contributed by atoms with van der Waals surface area (Å²) in [5.74, 6) is 0.404. The number of carbonyl (C=O) groups is 1. The summed E-state index contributed by atoms with van der Waals surface area (Å²) in [5.41, 5.74) is 1.49. The first-order chi connectivity index (χ1) is 18.1. The number of carbonyl (C=O) groups excluding carboxylic acids is 1. The third-order valence-corrected chi connectivity index (χ3v) is 6.57. The molecule has 0 unspecified atom stereocenters. The van der Waals surface area contributed by atoms with Crippen LogP contribution in [0.1, 0.15) is 35.6 Å². The number of aromatic nitrogens is 2. The van der Waals surface area contributed by atoms with Crippen molar-refractivity contribution in [2.24, 2.45) is 0 Å². The van der Waals surface area contributed by atoms with Crippen LogP contribution in [0.15, 0.2) is 72.8 Å². The lowest BCUT2D eigenvalue weighted by molar-refractivity contribution is -0.141. The first kappa shape index (κ1) is 27.5. The highest BCUT2D eigenvalue weighted by atomic mass is 35.5. The smallest absolute Gasteiger partial charge is 0.435 e. The van der Waals surface area contributed by atoms with Crippen LogP contribution in [0.3, 0.4) is 0 Å². The van der Waals surface area contributed by atoms with Gasteiger partial charge >= 0.3 is 6.18 Å². The molecule has 0 atom stereocenters. The van der Waals surface area contributed by atoms with E-state index in [1.807, 2.05) is 44.2 Å². The second kappa shape index (κ2) is 11.5. The summed E-state index contributed by atoms with van der Waals surface area (Å²) < 4.78 is 47.1. The number of hydrogen-bond acceptors (Lipinski definition) is 3. The molecule has 5 nitrogen and oxygen atoms in total. The van der Waals surface area contributed by atoms with Gasteiger partial charge in [0.05, 0.1) is 15.7 Å². The zero-order valence-corrected chi connectivity index (χ0v) is 22.1. The Hall–Kier alpha value is -3.49. The Balaban J connectivity index is 1.56. The van der Waals surface area contributed by atoms with Crippen molar-refractivity contribution in [2.75, 3.05) is 13.1 Å². The number of para-hydroxylation sites is 1. The van der Waals surface area contributed by atoms with Gasteiger partial charge in [0.1, 0.15) is 18.0 Å². The number of rotatable bonds is 8. The van der Waals surface area contributed by atoms with Crippen LogP contribution < -0.4 is 4.74 Å². The van der Waals surface area contributed by atoms with Crippen molar-refractivity contribution >= 4 is 29.1 Å². The third-order valence-electron chi connectivity index (χ3n) is 5.96. The molecular formula is C28H24Cl2F3N3O2. The fraction of sp³-hybridized carbons (Fsp3) is 0.214. The lowest BCUT2D eigenvalue weighted by Crippen LogP contribution is -2.30. The van der Waals surface area contributed by atoms with Crippen LogP contribution in [-0.2, 0) is 12.8 Å². The summed E-state index contributed by atoms with van der Waals surface area (Å²) in [6.45, 7) is 4.90. The predicted octanol–water partition coefficient (Wildman–Crippen LogP) is 7.93. The van der Waals surface area contributed by atoms with Gasteiger partial charge in [-0.25, -0.2) is 4.68 Å². The average Bonchev–Trinajstić information content (AvgIpc) is 3.33. The average molecular weight is 562 g/mol. The van der Waals surface area contributed by atoms with Crippen LogP contribution in [0.5, 0.6) is 5.75 Å². The first-order valence-electron chi connectivity index (χ1n) is 11.9. The van der Waals surface area contributed by atoms with E-state index in [1.165, 1.54) is 12.1 Å². The highest BCUT2D eigenvalue weighted by Gasteiger charge is 2.35. The number of halogens is 5. The zero-order chi connectivity index (χ0) is 27.4. The largest absolute Gasteiger partial charge is 0.487 e. The fourth-order valence-corrected chi connectivity index (χ4v) is 4.53. The van der Waals surface area contributed by atoms with Crippen LogP contribution in [0.2, 0.25) is 10.0 Å². The molecule has 0 saturated carbocycles. The molecule has 0 spiro atoms. The standard InChI is InChI=1S/C28H24Cl2F3N3O2/c1-3-35(4-2)27(37)20-8-5-7-19(15-20)18-11-13-22(14-12-18)38-17-21-16-25(28(31,32)33)34-36(21)26-23(29)9-6-10-24(26)30/h5-16H,3-4,17H2,1-2H3. The minimum atomic E-state index is -4.66. The van der Waals surface area contributed by atoms with Crippen LogP contribution in [0.4, 0.5) is 13.2 Å². The number of benzene rings is 3. The van der Waals surface area contributed by atoms with Gasteiger partial charge in [0.25, 0.3) is 5.91 Å². The Kier molecular flexibility index (Phi) is 8.33. The lowest BCUT2D eigenvalue weighted by atomic mass is 10.0. The van der Waals surface area contributed by atoms with E-state index in [-0.39, 0.29) is 33.9 Å². The molecule has 198 valence electrons. The van der Waals surface area contributed by atoms with Crippen molar-refractivity contribution in [2.45, 2.75) is 26.6 Å². The van der Waals surface area contributed by atoms with Gasteiger partial charge in [0, 0.05) is 18.7 Å². The van der Waals surface area contributed by atoms with Crippen LogP contribution in [0.25, 0.3) is 16.8 Å². The number of nitrogens with zero attached hydrogens (tertiary/aromatic N) is 3. The van der Waals surface area contributed by atoms with E-state index >= 15 is 0 Å². The highest BCUT2D eigenvalue weighted by molar-refractivity contribution is 6.37. The van der Waals surface area contributed by atoms with Gasteiger partial charge < -0.3 is 9.64 Å². The second-order valence-corrected chi connectivity index (χ2v) is 9.19. The molecule has 0 radical (unpaired) electrons. The molecule has 4 rings (SSSR count). The van der Waals surface area contributed by atoms with Crippen LogP contribution in [0, 0.1) is 0 Å². The molecule has 0 fully saturated rings. The Bertz CT molecular complexity index is 1410. The Morgan fingerprint density at radius 2 is 1.55 bits per heavy atom. The molecule has 1 amide bonds. The quantitative estimate of drug-likeness (QED) is 0.219. The molecular weight excluding hydrogens is 538 g/mol. The molecule has 0 bridgehead atoms. The van der Waals surface area contributed by atoms with Crippen LogP contribution in [-0.4, -0.2) is 33.7 Å². The number of hydrogen-bond donors (Lipinski definition) is 0. The molecule has 0 saturated heterocycles. The van der Waals surface area contributed by atoms with E-state index < -0.39 is 11.9 Å². The molecule has 0 aliphatic carbocycles. The summed E-state index contributed by atoms with van der Waals surface area (Å²) in [7, 11) is 0. The molecule has 1 heterocycles. The van der Waals surface area contributed by atoms with Crippen LogP contribution >= 0.6 is 23.2 Å². The maximum atomic E-state index is 13.4. The van der Waals surface area contributed by atoms with Gasteiger partial charge in [0.15, 0.2) is 5.69 Å². The van der Waals surface area contributed by atoms with E-state index in [0.29, 0.717) is 24.4 Å². The van der Waals surface area contributed by atoms with Gasteiger partial charge in [-0.2, -0.15) is 18.3 Å².